The van der Waals surface area contributed by atoms with Crippen molar-refractivity contribution < 1.29 is 17.9 Å². The summed E-state index contributed by atoms with van der Waals surface area (Å²) in [5.41, 5.74) is 1.87. The van der Waals surface area contributed by atoms with Crippen LogP contribution in [0, 0.1) is 0 Å². The van der Waals surface area contributed by atoms with Crippen LogP contribution in [0.2, 0.25) is 5.02 Å². The predicted molar refractivity (Wildman–Crippen MR) is 73.1 cm³/mol. The zero-order chi connectivity index (χ0) is 14.8. The van der Waals surface area contributed by atoms with Crippen molar-refractivity contribution in [3.05, 3.63) is 53.1 Å². The second kappa shape index (κ2) is 5.94. The predicted octanol–water partition coefficient (Wildman–Crippen LogP) is 5.64. The van der Waals surface area contributed by atoms with Crippen LogP contribution in [0.25, 0.3) is 11.1 Å². The molecule has 0 fully saturated rings. The molecule has 0 radical (unpaired) electrons. The molecule has 6 heteroatoms. The van der Waals surface area contributed by atoms with E-state index in [0.717, 1.165) is 5.56 Å². The van der Waals surface area contributed by atoms with Gasteiger partial charge in [-0.3, -0.25) is 0 Å². The van der Waals surface area contributed by atoms with Gasteiger partial charge in [-0.05, 0) is 29.3 Å². The molecule has 2 aromatic carbocycles. The normalized spacial score (nSPS) is 11.4. The molecule has 0 aliphatic heterocycles. The number of ether oxygens (including phenoxy) is 1. The number of halogens is 5. The van der Waals surface area contributed by atoms with Crippen molar-refractivity contribution in [3.63, 3.8) is 0 Å². The quantitative estimate of drug-likeness (QED) is 0.664. The van der Waals surface area contributed by atoms with Gasteiger partial charge in [-0.25, -0.2) is 0 Å². The molecule has 2 rings (SSSR count). The van der Waals surface area contributed by atoms with Gasteiger partial charge in [-0.2, -0.15) is 0 Å². The van der Waals surface area contributed by atoms with Gasteiger partial charge in [0.15, 0.2) is 0 Å². The molecule has 0 bridgehead atoms. The maximum absolute atomic E-state index is 12.2. The lowest BCUT2D eigenvalue weighted by molar-refractivity contribution is -0.274. The maximum Gasteiger partial charge on any atom is 0.573 e. The van der Waals surface area contributed by atoms with E-state index in [1.54, 1.807) is 24.3 Å². The van der Waals surface area contributed by atoms with Crippen molar-refractivity contribution in [1.29, 1.82) is 0 Å². The molecule has 0 spiro atoms. The zero-order valence-corrected chi connectivity index (χ0v) is 11.6. The molecule has 0 N–H and O–H groups in total. The molecule has 0 aliphatic carbocycles. The van der Waals surface area contributed by atoms with E-state index in [9.17, 15) is 13.2 Å². The first-order chi connectivity index (χ1) is 9.40. The largest absolute Gasteiger partial charge is 0.573 e. The minimum Gasteiger partial charge on any atom is -0.406 e. The summed E-state index contributed by atoms with van der Waals surface area (Å²) in [6.45, 7) is 0. The highest BCUT2D eigenvalue weighted by atomic mass is 35.5. The Bertz CT molecular complexity index is 612. The summed E-state index contributed by atoms with van der Waals surface area (Å²) in [5, 5.41) is 0.423. The fraction of sp³-hybridized carbons (Fsp3) is 0.143. The zero-order valence-electron chi connectivity index (χ0n) is 10.0. The Morgan fingerprint density at radius 2 is 1.75 bits per heavy atom. The standard InChI is InChI=1S/C14H9Cl2F3O/c15-8-10-4-2-6-12(16)13(10)9-3-1-5-11(7-9)20-14(17,18)19/h1-7H,8H2. The van der Waals surface area contributed by atoms with Gasteiger partial charge in [0, 0.05) is 16.5 Å². The van der Waals surface area contributed by atoms with Gasteiger partial charge in [0.2, 0.25) is 0 Å². The first-order valence-electron chi connectivity index (χ1n) is 5.60. The molecule has 0 amide bonds. The summed E-state index contributed by atoms with van der Waals surface area (Å²) in [5.74, 6) is -0.0873. The van der Waals surface area contributed by atoms with Crippen LogP contribution in [-0.2, 0) is 5.88 Å². The number of hydrogen-bond donors (Lipinski definition) is 0. The first-order valence-corrected chi connectivity index (χ1v) is 6.51. The monoisotopic (exact) mass is 320 g/mol. The molecule has 0 atom stereocenters. The molecule has 0 saturated heterocycles. The summed E-state index contributed by atoms with van der Waals surface area (Å²) in [6, 6.07) is 10.8. The lowest BCUT2D eigenvalue weighted by Crippen LogP contribution is -2.17. The van der Waals surface area contributed by atoms with Crippen LogP contribution < -0.4 is 4.74 Å². The summed E-state index contributed by atoms with van der Waals surface area (Å²) in [6.07, 6.45) is -4.73. The Labute approximate surface area is 123 Å². The maximum atomic E-state index is 12.2. The molecule has 106 valence electrons. The minimum atomic E-state index is -4.73. The molecule has 0 aromatic heterocycles. The molecule has 1 nitrogen and oxygen atoms in total. The average molecular weight is 321 g/mol. The summed E-state index contributed by atoms with van der Waals surface area (Å²) >= 11 is 11.9. The van der Waals surface area contributed by atoms with E-state index in [2.05, 4.69) is 4.74 Å². The number of hydrogen-bond acceptors (Lipinski definition) is 1. The number of benzene rings is 2. The van der Waals surface area contributed by atoms with Crippen molar-refractivity contribution in [1.82, 2.24) is 0 Å². The van der Waals surface area contributed by atoms with Crippen LogP contribution in [0.3, 0.4) is 0 Å². The second-order valence-corrected chi connectivity index (χ2v) is 4.66. The summed E-state index contributed by atoms with van der Waals surface area (Å²) < 4.78 is 40.6. The molecule has 2 aromatic rings. The van der Waals surface area contributed by atoms with E-state index in [0.29, 0.717) is 16.1 Å². The van der Waals surface area contributed by atoms with Crippen LogP contribution in [0.15, 0.2) is 42.5 Å². The van der Waals surface area contributed by atoms with Crippen LogP contribution >= 0.6 is 23.2 Å². The molecule has 0 unspecified atom stereocenters. The smallest absolute Gasteiger partial charge is 0.406 e. The van der Waals surface area contributed by atoms with Crippen LogP contribution in [0.4, 0.5) is 13.2 Å². The van der Waals surface area contributed by atoms with E-state index in [1.807, 2.05) is 0 Å². The molecular weight excluding hydrogens is 312 g/mol. The molecule has 0 heterocycles. The van der Waals surface area contributed by atoms with Gasteiger partial charge in [-0.15, -0.1) is 24.8 Å². The van der Waals surface area contributed by atoms with Crippen LogP contribution in [-0.4, -0.2) is 6.36 Å². The fourth-order valence-corrected chi connectivity index (χ4v) is 2.38. The Morgan fingerprint density at radius 1 is 1.05 bits per heavy atom. The highest BCUT2D eigenvalue weighted by molar-refractivity contribution is 6.33. The lowest BCUT2D eigenvalue weighted by atomic mass is 10.0. The highest BCUT2D eigenvalue weighted by Crippen LogP contribution is 2.35. The number of rotatable bonds is 3. The van der Waals surface area contributed by atoms with E-state index >= 15 is 0 Å². The van der Waals surface area contributed by atoms with Crippen molar-refractivity contribution in [2.75, 3.05) is 0 Å². The molecule has 0 aliphatic rings. The first kappa shape index (κ1) is 15.0. The lowest BCUT2D eigenvalue weighted by Gasteiger charge is -2.13. The average Bonchev–Trinajstić information content (AvgIpc) is 2.36. The van der Waals surface area contributed by atoms with E-state index in [4.69, 9.17) is 23.2 Å². The summed E-state index contributed by atoms with van der Waals surface area (Å²) in [7, 11) is 0. The Kier molecular flexibility index (Phi) is 4.45. The SMILES string of the molecule is FC(F)(F)Oc1cccc(-c2c(Cl)cccc2CCl)c1. The Hall–Kier alpha value is -1.39. The van der Waals surface area contributed by atoms with Gasteiger partial charge in [0.05, 0.1) is 0 Å². The second-order valence-electron chi connectivity index (χ2n) is 3.98. The van der Waals surface area contributed by atoms with Gasteiger partial charge in [0.25, 0.3) is 0 Å². The van der Waals surface area contributed by atoms with Crippen molar-refractivity contribution in [3.8, 4) is 16.9 Å². The van der Waals surface area contributed by atoms with Crippen molar-refractivity contribution in [2.45, 2.75) is 12.2 Å². The van der Waals surface area contributed by atoms with E-state index < -0.39 is 6.36 Å². The van der Waals surface area contributed by atoms with Crippen LogP contribution in [0.5, 0.6) is 5.75 Å². The van der Waals surface area contributed by atoms with Gasteiger partial charge >= 0.3 is 6.36 Å². The van der Waals surface area contributed by atoms with Crippen LogP contribution in [0.1, 0.15) is 5.56 Å². The third kappa shape index (κ3) is 3.58. The third-order valence-corrected chi connectivity index (χ3v) is 3.20. The Balaban J connectivity index is 2.46. The highest BCUT2D eigenvalue weighted by Gasteiger charge is 2.31. The van der Waals surface area contributed by atoms with Gasteiger partial charge < -0.3 is 4.74 Å². The molecule has 0 saturated carbocycles. The topological polar surface area (TPSA) is 9.23 Å². The number of alkyl halides is 4. The minimum absolute atomic E-state index is 0.209. The van der Waals surface area contributed by atoms with Crippen molar-refractivity contribution >= 4 is 23.2 Å². The van der Waals surface area contributed by atoms with Gasteiger partial charge in [-0.1, -0.05) is 35.9 Å². The van der Waals surface area contributed by atoms with E-state index in [-0.39, 0.29) is 11.6 Å². The molecule has 20 heavy (non-hydrogen) atoms. The summed E-state index contributed by atoms with van der Waals surface area (Å²) in [4.78, 5) is 0. The van der Waals surface area contributed by atoms with Gasteiger partial charge in [0.1, 0.15) is 5.75 Å². The fourth-order valence-electron chi connectivity index (χ4n) is 1.85. The van der Waals surface area contributed by atoms with Crippen molar-refractivity contribution in [2.24, 2.45) is 0 Å². The van der Waals surface area contributed by atoms with E-state index in [1.165, 1.54) is 18.2 Å². The molecular formula is C14H9Cl2F3O. The third-order valence-electron chi connectivity index (χ3n) is 2.60. The Morgan fingerprint density at radius 3 is 2.40 bits per heavy atom.